The summed E-state index contributed by atoms with van der Waals surface area (Å²) in [4.78, 5) is 13.5. The van der Waals surface area contributed by atoms with Gasteiger partial charge >= 0.3 is 0 Å². The van der Waals surface area contributed by atoms with Gasteiger partial charge in [-0.2, -0.15) is 0 Å². The SMILES string of the molecule is CCC(C)C(N)C(=O)N(C)c1ccc(OC)c(F)c1.Cl. The largest absolute Gasteiger partial charge is 0.494 e. The van der Waals surface area contributed by atoms with Gasteiger partial charge in [-0.05, 0) is 18.1 Å². The molecule has 2 atom stereocenters. The number of likely N-dealkylation sites (N-methyl/N-ethyl adjacent to an activating group) is 1. The molecule has 1 aromatic carbocycles. The molecule has 0 aliphatic heterocycles. The van der Waals surface area contributed by atoms with E-state index in [0.29, 0.717) is 5.69 Å². The molecule has 4 nitrogen and oxygen atoms in total. The Balaban J connectivity index is 0.00000361. The third-order valence-corrected chi connectivity index (χ3v) is 3.40. The molecule has 1 rings (SSSR count). The number of ether oxygens (including phenoxy) is 1. The van der Waals surface area contributed by atoms with Gasteiger partial charge < -0.3 is 15.4 Å². The minimum absolute atomic E-state index is 0. The number of amides is 1. The fourth-order valence-electron chi connectivity index (χ4n) is 1.71. The molecule has 0 aliphatic rings. The van der Waals surface area contributed by atoms with Crippen molar-refractivity contribution in [3.8, 4) is 5.75 Å². The average molecular weight is 305 g/mol. The van der Waals surface area contributed by atoms with E-state index < -0.39 is 11.9 Å². The Bertz CT molecular complexity index is 457. The number of benzene rings is 1. The zero-order valence-corrected chi connectivity index (χ0v) is 13.0. The van der Waals surface area contributed by atoms with E-state index in [0.717, 1.165) is 6.42 Å². The highest BCUT2D eigenvalue weighted by atomic mass is 35.5. The molecule has 0 saturated heterocycles. The monoisotopic (exact) mass is 304 g/mol. The zero-order valence-electron chi connectivity index (χ0n) is 12.2. The smallest absolute Gasteiger partial charge is 0.243 e. The highest BCUT2D eigenvalue weighted by Crippen LogP contribution is 2.23. The molecular formula is C14H22ClFN2O2. The Morgan fingerprint density at radius 3 is 2.55 bits per heavy atom. The van der Waals surface area contributed by atoms with Crippen LogP contribution >= 0.6 is 12.4 Å². The maximum atomic E-state index is 13.6. The molecule has 0 heterocycles. The van der Waals surface area contributed by atoms with Crippen molar-refractivity contribution in [1.82, 2.24) is 0 Å². The van der Waals surface area contributed by atoms with Gasteiger partial charge in [-0.15, -0.1) is 12.4 Å². The van der Waals surface area contributed by atoms with E-state index >= 15 is 0 Å². The quantitative estimate of drug-likeness (QED) is 0.909. The standard InChI is InChI=1S/C14H21FN2O2.ClH/c1-5-9(2)13(16)14(18)17(3)10-6-7-12(19-4)11(15)8-10;/h6-9,13H,5,16H2,1-4H3;1H. The van der Waals surface area contributed by atoms with Crippen LogP contribution in [0.5, 0.6) is 5.75 Å². The molecule has 2 unspecified atom stereocenters. The predicted octanol–water partition coefficient (Wildman–Crippen LogP) is 2.59. The molecule has 0 fully saturated rings. The van der Waals surface area contributed by atoms with Gasteiger partial charge in [0.2, 0.25) is 5.91 Å². The number of halogens is 2. The van der Waals surface area contributed by atoms with Crippen LogP contribution in [0.3, 0.4) is 0 Å². The molecule has 1 amide bonds. The van der Waals surface area contributed by atoms with Crippen molar-refractivity contribution in [2.45, 2.75) is 26.3 Å². The third-order valence-electron chi connectivity index (χ3n) is 3.40. The lowest BCUT2D eigenvalue weighted by Gasteiger charge is -2.24. The Hall–Kier alpha value is -1.33. The van der Waals surface area contributed by atoms with Gasteiger partial charge in [-0.25, -0.2) is 4.39 Å². The Labute approximate surface area is 125 Å². The maximum Gasteiger partial charge on any atom is 0.243 e. The fraction of sp³-hybridized carbons (Fsp3) is 0.500. The number of carbonyl (C=O) groups excluding carboxylic acids is 1. The highest BCUT2D eigenvalue weighted by Gasteiger charge is 2.24. The second-order valence-electron chi connectivity index (χ2n) is 4.63. The summed E-state index contributed by atoms with van der Waals surface area (Å²) in [6, 6.07) is 3.80. The number of rotatable bonds is 5. The van der Waals surface area contributed by atoms with Gasteiger partial charge in [0, 0.05) is 18.8 Å². The van der Waals surface area contributed by atoms with Gasteiger partial charge in [0.05, 0.1) is 13.2 Å². The second kappa shape index (κ2) is 8.07. The summed E-state index contributed by atoms with van der Waals surface area (Å²) < 4.78 is 18.4. The van der Waals surface area contributed by atoms with E-state index in [-0.39, 0.29) is 30.0 Å². The number of methoxy groups -OCH3 is 1. The van der Waals surface area contributed by atoms with Crippen LogP contribution in [0.1, 0.15) is 20.3 Å². The summed E-state index contributed by atoms with van der Waals surface area (Å²) in [5, 5.41) is 0. The summed E-state index contributed by atoms with van der Waals surface area (Å²) in [5.41, 5.74) is 6.35. The van der Waals surface area contributed by atoms with E-state index in [1.54, 1.807) is 13.1 Å². The summed E-state index contributed by atoms with van der Waals surface area (Å²) in [6.45, 7) is 3.90. The number of hydrogen-bond donors (Lipinski definition) is 1. The molecule has 20 heavy (non-hydrogen) atoms. The van der Waals surface area contributed by atoms with Gasteiger partial charge in [0.1, 0.15) is 0 Å². The van der Waals surface area contributed by atoms with Crippen molar-refractivity contribution in [2.24, 2.45) is 11.7 Å². The predicted molar refractivity (Wildman–Crippen MR) is 81.0 cm³/mol. The van der Waals surface area contributed by atoms with Crippen LogP contribution in [0.4, 0.5) is 10.1 Å². The van der Waals surface area contributed by atoms with Crippen molar-refractivity contribution >= 4 is 24.0 Å². The minimum Gasteiger partial charge on any atom is -0.494 e. The topological polar surface area (TPSA) is 55.6 Å². The lowest BCUT2D eigenvalue weighted by atomic mass is 9.99. The van der Waals surface area contributed by atoms with E-state index in [1.807, 2.05) is 13.8 Å². The number of anilines is 1. The average Bonchev–Trinajstić information content (AvgIpc) is 2.43. The number of nitrogens with two attached hydrogens (primary N) is 1. The molecule has 0 aromatic heterocycles. The molecule has 6 heteroatoms. The van der Waals surface area contributed by atoms with Crippen molar-refractivity contribution in [2.75, 3.05) is 19.1 Å². The molecule has 0 aliphatic carbocycles. The first-order valence-corrected chi connectivity index (χ1v) is 6.29. The Morgan fingerprint density at radius 2 is 2.10 bits per heavy atom. The molecular weight excluding hydrogens is 283 g/mol. The Kier molecular flexibility index (Phi) is 7.53. The first-order valence-electron chi connectivity index (χ1n) is 6.29. The number of carbonyl (C=O) groups is 1. The minimum atomic E-state index is -0.583. The van der Waals surface area contributed by atoms with Crippen LogP contribution in [0.15, 0.2) is 18.2 Å². The third kappa shape index (κ3) is 4.08. The van der Waals surface area contributed by atoms with Gasteiger partial charge in [-0.3, -0.25) is 4.79 Å². The summed E-state index contributed by atoms with van der Waals surface area (Å²) >= 11 is 0. The van der Waals surface area contributed by atoms with Gasteiger partial charge in [-0.1, -0.05) is 20.3 Å². The molecule has 2 N–H and O–H groups in total. The fourth-order valence-corrected chi connectivity index (χ4v) is 1.71. The molecule has 1 aromatic rings. The van der Waals surface area contributed by atoms with E-state index in [1.165, 1.54) is 24.1 Å². The van der Waals surface area contributed by atoms with Crippen LogP contribution in [0.2, 0.25) is 0 Å². The summed E-state index contributed by atoms with van der Waals surface area (Å²) in [7, 11) is 2.98. The van der Waals surface area contributed by atoms with Crippen LogP contribution < -0.4 is 15.4 Å². The normalized spacial score (nSPS) is 13.1. The van der Waals surface area contributed by atoms with E-state index in [2.05, 4.69) is 0 Å². The van der Waals surface area contributed by atoms with Crippen LogP contribution in [-0.2, 0) is 4.79 Å². The number of nitrogens with zero attached hydrogens (tertiary/aromatic N) is 1. The highest BCUT2D eigenvalue weighted by molar-refractivity contribution is 5.96. The molecule has 114 valence electrons. The summed E-state index contributed by atoms with van der Waals surface area (Å²) in [6.07, 6.45) is 0.817. The van der Waals surface area contributed by atoms with E-state index in [9.17, 15) is 9.18 Å². The van der Waals surface area contributed by atoms with Gasteiger partial charge in [0.15, 0.2) is 11.6 Å². The van der Waals surface area contributed by atoms with Crippen molar-refractivity contribution in [3.05, 3.63) is 24.0 Å². The summed E-state index contributed by atoms with van der Waals surface area (Å²) in [5.74, 6) is -0.496. The van der Waals surface area contributed by atoms with E-state index in [4.69, 9.17) is 10.5 Å². The molecule has 0 saturated carbocycles. The van der Waals surface area contributed by atoms with Gasteiger partial charge in [0.25, 0.3) is 0 Å². The van der Waals surface area contributed by atoms with Crippen molar-refractivity contribution in [1.29, 1.82) is 0 Å². The van der Waals surface area contributed by atoms with Crippen molar-refractivity contribution < 1.29 is 13.9 Å². The molecule has 0 bridgehead atoms. The lowest BCUT2D eigenvalue weighted by molar-refractivity contribution is -0.120. The lowest BCUT2D eigenvalue weighted by Crippen LogP contribution is -2.45. The van der Waals surface area contributed by atoms with Crippen LogP contribution in [0, 0.1) is 11.7 Å². The van der Waals surface area contributed by atoms with Crippen molar-refractivity contribution in [3.63, 3.8) is 0 Å². The van der Waals surface area contributed by atoms with Crippen LogP contribution in [0.25, 0.3) is 0 Å². The molecule has 0 spiro atoms. The zero-order chi connectivity index (χ0) is 14.6. The maximum absolute atomic E-state index is 13.6. The first kappa shape index (κ1) is 18.7. The van der Waals surface area contributed by atoms with Crippen LogP contribution in [-0.4, -0.2) is 26.1 Å². The first-order chi connectivity index (χ1) is 8.92. The number of hydrogen-bond acceptors (Lipinski definition) is 3. The Morgan fingerprint density at radius 1 is 1.50 bits per heavy atom. The molecule has 0 radical (unpaired) electrons. The second-order valence-corrected chi connectivity index (χ2v) is 4.63.